The number of anilines is 1. The molecule has 0 atom stereocenters. The van der Waals surface area contributed by atoms with E-state index in [1.54, 1.807) is 13.0 Å². The highest BCUT2D eigenvalue weighted by Crippen LogP contribution is 2.30. The van der Waals surface area contributed by atoms with Crippen LogP contribution in [0, 0.1) is 6.92 Å². The van der Waals surface area contributed by atoms with Crippen LogP contribution in [0.1, 0.15) is 21.7 Å². The smallest absolute Gasteiger partial charge is 0.291 e. The van der Waals surface area contributed by atoms with E-state index in [0.29, 0.717) is 11.4 Å². The van der Waals surface area contributed by atoms with Gasteiger partial charge in [-0.1, -0.05) is 42.5 Å². The van der Waals surface area contributed by atoms with Crippen molar-refractivity contribution in [1.82, 2.24) is 15.4 Å². The zero-order valence-electron chi connectivity index (χ0n) is 18.5. The molecular formula is C25H23N5O3. The van der Waals surface area contributed by atoms with E-state index in [9.17, 15) is 14.7 Å². The lowest BCUT2D eigenvalue weighted by atomic mass is 10.0. The summed E-state index contributed by atoms with van der Waals surface area (Å²) >= 11 is 0. The predicted octanol–water partition coefficient (Wildman–Crippen LogP) is 3.43. The number of carbonyl (C=O) groups is 1. The Bertz CT molecular complexity index is 1410. The number of aryl methyl sites for hydroxylation is 1. The Morgan fingerprint density at radius 3 is 2.48 bits per heavy atom. The van der Waals surface area contributed by atoms with Crippen LogP contribution < -0.4 is 15.9 Å². The minimum absolute atomic E-state index is 0.230. The molecule has 0 saturated heterocycles. The first-order chi connectivity index (χ1) is 15.8. The molecule has 0 aliphatic heterocycles. The number of benzene rings is 2. The summed E-state index contributed by atoms with van der Waals surface area (Å²) in [6.07, 6.45) is 1.48. The first-order valence-electron chi connectivity index (χ1n) is 10.3. The Balaban J connectivity index is 1.65. The molecule has 0 saturated carbocycles. The topological polar surface area (TPSA) is 111 Å². The third kappa shape index (κ3) is 4.45. The first-order valence-corrected chi connectivity index (χ1v) is 10.3. The van der Waals surface area contributed by atoms with Crippen molar-refractivity contribution in [3.63, 3.8) is 0 Å². The van der Waals surface area contributed by atoms with Crippen LogP contribution in [0.2, 0.25) is 0 Å². The molecule has 8 heteroatoms. The summed E-state index contributed by atoms with van der Waals surface area (Å²) in [5, 5.41) is 15.2. The van der Waals surface area contributed by atoms with Gasteiger partial charge in [-0.15, -0.1) is 0 Å². The molecule has 0 unspecified atom stereocenters. The Kier molecular flexibility index (Phi) is 5.91. The number of rotatable bonds is 5. The molecule has 2 heterocycles. The van der Waals surface area contributed by atoms with Crippen LogP contribution in [0.5, 0.6) is 5.75 Å². The Labute approximate surface area is 190 Å². The van der Waals surface area contributed by atoms with Crippen LogP contribution in [-0.2, 0) is 0 Å². The highest BCUT2D eigenvalue weighted by Gasteiger charge is 2.19. The van der Waals surface area contributed by atoms with Gasteiger partial charge < -0.3 is 15.0 Å². The number of nitrogens with one attached hydrogen (secondary N) is 2. The van der Waals surface area contributed by atoms with E-state index in [1.807, 2.05) is 73.6 Å². The van der Waals surface area contributed by atoms with Crippen molar-refractivity contribution >= 4 is 28.6 Å². The minimum atomic E-state index is -0.733. The third-order valence-electron chi connectivity index (χ3n) is 5.24. The summed E-state index contributed by atoms with van der Waals surface area (Å²) in [6.45, 7) is 1.69. The summed E-state index contributed by atoms with van der Waals surface area (Å²) in [6, 6.07) is 18.6. The molecule has 0 bridgehead atoms. The molecule has 0 spiro atoms. The maximum absolute atomic E-state index is 12.7. The highest BCUT2D eigenvalue weighted by atomic mass is 16.3. The van der Waals surface area contributed by atoms with Gasteiger partial charge in [-0.2, -0.15) is 5.10 Å². The number of aromatic hydroxyl groups is 1. The molecule has 0 radical (unpaired) electrons. The Morgan fingerprint density at radius 2 is 1.82 bits per heavy atom. The Morgan fingerprint density at radius 1 is 1.12 bits per heavy atom. The van der Waals surface area contributed by atoms with Crippen molar-refractivity contribution in [2.45, 2.75) is 6.92 Å². The van der Waals surface area contributed by atoms with E-state index in [0.717, 1.165) is 16.8 Å². The van der Waals surface area contributed by atoms with E-state index in [4.69, 9.17) is 0 Å². The Hall–Kier alpha value is -4.46. The quantitative estimate of drug-likeness (QED) is 0.325. The maximum atomic E-state index is 12.7. The van der Waals surface area contributed by atoms with Gasteiger partial charge in [-0.3, -0.25) is 14.6 Å². The van der Waals surface area contributed by atoms with E-state index < -0.39 is 11.5 Å². The molecule has 2 aromatic carbocycles. The zero-order chi connectivity index (χ0) is 23.5. The number of hydrogen-bond acceptors (Lipinski definition) is 6. The van der Waals surface area contributed by atoms with Crippen LogP contribution in [0.3, 0.4) is 0 Å². The molecule has 2 aromatic heterocycles. The highest BCUT2D eigenvalue weighted by molar-refractivity contribution is 6.02. The van der Waals surface area contributed by atoms with Crippen molar-refractivity contribution in [1.29, 1.82) is 0 Å². The zero-order valence-corrected chi connectivity index (χ0v) is 18.5. The summed E-state index contributed by atoms with van der Waals surface area (Å²) in [4.78, 5) is 34.2. The molecular weight excluding hydrogens is 418 g/mol. The second kappa shape index (κ2) is 8.96. The lowest BCUT2D eigenvalue weighted by Crippen LogP contribution is -2.23. The number of H-pyrrole nitrogens is 1. The van der Waals surface area contributed by atoms with Gasteiger partial charge in [0.25, 0.3) is 11.5 Å². The number of hydrazone groups is 1. The molecule has 8 nitrogen and oxygen atoms in total. The number of fused-ring (bicyclic) bond motifs is 1. The molecule has 4 aromatic rings. The normalized spacial score (nSPS) is 11.1. The molecule has 166 valence electrons. The van der Waals surface area contributed by atoms with Crippen LogP contribution in [0.25, 0.3) is 22.0 Å². The number of carbonyl (C=O) groups excluding carboxylic acids is 1. The van der Waals surface area contributed by atoms with Gasteiger partial charge in [0.1, 0.15) is 0 Å². The van der Waals surface area contributed by atoms with E-state index in [-0.39, 0.29) is 22.2 Å². The van der Waals surface area contributed by atoms with Crippen LogP contribution >= 0.6 is 0 Å². The monoisotopic (exact) mass is 441 g/mol. The van der Waals surface area contributed by atoms with Gasteiger partial charge in [0.15, 0.2) is 11.4 Å². The molecule has 0 aliphatic carbocycles. The molecule has 0 aliphatic rings. The number of pyridine rings is 2. The number of amides is 1. The first kappa shape index (κ1) is 21.8. The van der Waals surface area contributed by atoms with E-state index in [1.165, 1.54) is 6.21 Å². The van der Waals surface area contributed by atoms with Crippen molar-refractivity contribution in [2.75, 3.05) is 19.0 Å². The average molecular weight is 441 g/mol. The molecule has 3 N–H and O–H groups in total. The number of nitrogens with zero attached hydrogens (tertiary/aromatic N) is 3. The van der Waals surface area contributed by atoms with Gasteiger partial charge in [-0.25, -0.2) is 5.43 Å². The van der Waals surface area contributed by atoms with Gasteiger partial charge in [0.2, 0.25) is 0 Å². The van der Waals surface area contributed by atoms with Gasteiger partial charge >= 0.3 is 0 Å². The van der Waals surface area contributed by atoms with Gasteiger partial charge in [0, 0.05) is 30.7 Å². The average Bonchev–Trinajstić information content (AvgIpc) is 2.81. The molecule has 0 fully saturated rings. The van der Waals surface area contributed by atoms with Crippen molar-refractivity contribution in [3.05, 3.63) is 88.0 Å². The van der Waals surface area contributed by atoms with E-state index >= 15 is 0 Å². The fourth-order valence-electron chi connectivity index (χ4n) is 3.52. The number of aromatic nitrogens is 2. The van der Waals surface area contributed by atoms with Crippen molar-refractivity contribution in [3.8, 4) is 17.0 Å². The van der Waals surface area contributed by atoms with Gasteiger partial charge in [-0.05, 0) is 30.7 Å². The molecule has 33 heavy (non-hydrogen) atoms. The summed E-state index contributed by atoms with van der Waals surface area (Å²) < 4.78 is 0. The largest absolute Gasteiger partial charge is 0.505 e. The standard InChI is InChI=1S/C25H23N5O3/c1-15-21-19(13-20(27-15)17-7-5-4-6-8-17)23(31)22(28-24(21)32)25(33)29-26-14-16-9-11-18(12-10-16)30(2)3/h4-14,31H,1-3H3,(H,28,32)(H,29,33)/b26-14+. The lowest BCUT2D eigenvalue weighted by molar-refractivity contribution is 0.0947. The van der Waals surface area contributed by atoms with Crippen LogP contribution in [0.4, 0.5) is 5.69 Å². The third-order valence-corrected chi connectivity index (χ3v) is 5.24. The van der Waals surface area contributed by atoms with Crippen LogP contribution in [0.15, 0.2) is 70.6 Å². The van der Waals surface area contributed by atoms with Gasteiger partial charge in [0.05, 0.1) is 23.0 Å². The summed E-state index contributed by atoms with van der Waals surface area (Å²) in [7, 11) is 3.89. The number of aromatic amines is 1. The fraction of sp³-hybridized carbons (Fsp3) is 0.120. The fourth-order valence-corrected chi connectivity index (χ4v) is 3.52. The molecule has 4 rings (SSSR count). The maximum Gasteiger partial charge on any atom is 0.291 e. The van der Waals surface area contributed by atoms with Crippen molar-refractivity contribution in [2.24, 2.45) is 5.10 Å². The second-order valence-corrected chi connectivity index (χ2v) is 7.74. The summed E-state index contributed by atoms with van der Waals surface area (Å²) in [5.41, 5.74) is 5.27. The lowest BCUT2D eigenvalue weighted by Gasteiger charge is -2.11. The van der Waals surface area contributed by atoms with Crippen LogP contribution in [-0.4, -0.2) is 41.3 Å². The second-order valence-electron chi connectivity index (χ2n) is 7.74. The summed E-state index contributed by atoms with van der Waals surface area (Å²) in [5.74, 6) is -1.07. The minimum Gasteiger partial charge on any atom is -0.505 e. The molecule has 1 amide bonds. The van der Waals surface area contributed by atoms with Crippen molar-refractivity contribution < 1.29 is 9.90 Å². The predicted molar refractivity (Wildman–Crippen MR) is 130 cm³/mol. The SMILES string of the molecule is Cc1nc(-c2ccccc2)cc2c(O)c(C(=O)N/N=C/c3ccc(N(C)C)cc3)[nH]c(=O)c12. The number of hydrogen-bond donors (Lipinski definition) is 3. The van der Waals surface area contributed by atoms with E-state index in [2.05, 4.69) is 20.5 Å².